The number of urea groups is 1. The highest BCUT2D eigenvalue weighted by Gasteiger charge is 2.09. The first kappa shape index (κ1) is 14.3. The van der Waals surface area contributed by atoms with Crippen LogP contribution in [0.15, 0.2) is 16.6 Å². The topological polar surface area (TPSA) is 45.2 Å². The first-order valence-electron chi connectivity index (χ1n) is 5.18. The molecule has 0 saturated heterocycles. The average molecular weight is 318 g/mol. The predicted octanol–water partition coefficient (Wildman–Crippen LogP) is 2.98. The summed E-state index contributed by atoms with van der Waals surface area (Å²) in [7, 11) is 1.78. The van der Waals surface area contributed by atoms with Crippen LogP contribution in [0.1, 0.15) is 5.69 Å². The Morgan fingerprint density at radius 3 is 2.88 bits per heavy atom. The van der Waals surface area contributed by atoms with E-state index in [-0.39, 0.29) is 6.03 Å². The first-order chi connectivity index (χ1) is 8.04. The van der Waals surface area contributed by atoms with Gasteiger partial charge < -0.3 is 4.90 Å². The number of thioether (sulfide) groups is 1. The average Bonchev–Trinajstić information content (AvgIpc) is 2.30. The van der Waals surface area contributed by atoms with Crippen molar-refractivity contribution >= 4 is 39.5 Å². The fourth-order valence-corrected chi connectivity index (χ4v) is 1.83. The van der Waals surface area contributed by atoms with Gasteiger partial charge in [-0.25, -0.2) is 9.78 Å². The first-order valence-corrected chi connectivity index (χ1v) is 7.37. The third-order valence-corrected chi connectivity index (χ3v) is 3.66. The molecule has 6 heteroatoms. The molecule has 0 bridgehead atoms. The lowest BCUT2D eigenvalue weighted by Gasteiger charge is -2.17. The number of anilines is 1. The molecule has 1 heterocycles. The summed E-state index contributed by atoms with van der Waals surface area (Å²) in [6.45, 7) is 2.61. The molecule has 1 N–H and O–H groups in total. The molecule has 1 aromatic rings. The fraction of sp³-hybridized carbons (Fsp3) is 0.455. The standard InChI is InChI=1S/C11H16BrN3OS/c1-8-9(12)4-5-10(13-8)14-11(16)15(2)6-7-17-3/h4-5H,6-7H2,1-3H3,(H,13,14,16). The van der Waals surface area contributed by atoms with E-state index in [9.17, 15) is 4.79 Å². The summed E-state index contributed by atoms with van der Waals surface area (Å²) < 4.78 is 0.936. The number of halogens is 1. The van der Waals surface area contributed by atoms with E-state index in [2.05, 4.69) is 26.2 Å². The minimum atomic E-state index is -0.131. The van der Waals surface area contributed by atoms with Gasteiger partial charge in [-0.15, -0.1) is 0 Å². The van der Waals surface area contributed by atoms with Crippen LogP contribution in [0.5, 0.6) is 0 Å². The van der Waals surface area contributed by atoms with Crippen LogP contribution in [0, 0.1) is 6.92 Å². The quantitative estimate of drug-likeness (QED) is 0.928. The van der Waals surface area contributed by atoms with Gasteiger partial charge in [-0.3, -0.25) is 5.32 Å². The lowest BCUT2D eigenvalue weighted by Crippen LogP contribution is -2.33. The highest BCUT2D eigenvalue weighted by molar-refractivity contribution is 9.10. The molecule has 0 aromatic carbocycles. The van der Waals surface area contributed by atoms with Crippen molar-refractivity contribution in [3.63, 3.8) is 0 Å². The minimum absolute atomic E-state index is 0.131. The molecule has 1 rings (SSSR count). The van der Waals surface area contributed by atoms with Crippen LogP contribution >= 0.6 is 27.7 Å². The summed E-state index contributed by atoms with van der Waals surface area (Å²) in [5.41, 5.74) is 0.856. The van der Waals surface area contributed by atoms with Gasteiger partial charge >= 0.3 is 6.03 Å². The number of nitrogens with zero attached hydrogens (tertiary/aromatic N) is 2. The maximum absolute atomic E-state index is 11.8. The van der Waals surface area contributed by atoms with Crippen LogP contribution in [-0.4, -0.2) is 41.5 Å². The molecular formula is C11H16BrN3OS. The van der Waals surface area contributed by atoms with Crippen molar-refractivity contribution in [2.75, 3.05) is 30.9 Å². The zero-order chi connectivity index (χ0) is 12.8. The normalized spacial score (nSPS) is 10.1. The predicted molar refractivity (Wildman–Crippen MR) is 76.7 cm³/mol. The number of amides is 2. The van der Waals surface area contributed by atoms with E-state index in [1.807, 2.05) is 19.2 Å². The van der Waals surface area contributed by atoms with Crippen LogP contribution in [-0.2, 0) is 0 Å². The number of hydrogen-bond donors (Lipinski definition) is 1. The van der Waals surface area contributed by atoms with Gasteiger partial charge in [0.1, 0.15) is 5.82 Å². The number of aryl methyl sites for hydroxylation is 1. The monoisotopic (exact) mass is 317 g/mol. The molecule has 1 aromatic heterocycles. The zero-order valence-corrected chi connectivity index (χ0v) is 12.6. The van der Waals surface area contributed by atoms with Crippen molar-refractivity contribution < 1.29 is 4.79 Å². The number of nitrogens with one attached hydrogen (secondary N) is 1. The lowest BCUT2D eigenvalue weighted by molar-refractivity contribution is 0.225. The van der Waals surface area contributed by atoms with Crippen molar-refractivity contribution in [3.05, 3.63) is 22.3 Å². The smallest absolute Gasteiger partial charge is 0.322 e. The summed E-state index contributed by atoms with van der Waals surface area (Å²) in [4.78, 5) is 17.7. The van der Waals surface area contributed by atoms with E-state index >= 15 is 0 Å². The van der Waals surface area contributed by atoms with E-state index in [1.54, 1.807) is 29.8 Å². The highest BCUT2D eigenvalue weighted by Crippen LogP contribution is 2.16. The molecule has 0 spiro atoms. The van der Waals surface area contributed by atoms with E-state index in [1.165, 1.54) is 0 Å². The van der Waals surface area contributed by atoms with Gasteiger partial charge in [0.15, 0.2) is 0 Å². The molecule has 0 aliphatic heterocycles. The molecule has 0 radical (unpaired) electrons. The fourth-order valence-electron chi connectivity index (χ4n) is 1.15. The Bertz CT molecular complexity index is 400. The van der Waals surface area contributed by atoms with E-state index in [0.29, 0.717) is 5.82 Å². The second-order valence-electron chi connectivity index (χ2n) is 3.61. The summed E-state index contributed by atoms with van der Waals surface area (Å²) in [5, 5.41) is 2.76. The Labute approximate surface area is 114 Å². The van der Waals surface area contributed by atoms with E-state index < -0.39 is 0 Å². The SMILES string of the molecule is CSCCN(C)C(=O)Nc1ccc(Br)c(C)n1. The second kappa shape index (κ2) is 6.86. The van der Waals surface area contributed by atoms with Crippen molar-refractivity contribution in [1.82, 2.24) is 9.88 Å². The Morgan fingerprint density at radius 1 is 1.59 bits per heavy atom. The Kier molecular flexibility index (Phi) is 5.77. The molecule has 0 atom stereocenters. The number of rotatable bonds is 4. The van der Waals surface area contributed by atoms with Crippen LogP contribution in [0.3, 0.4) is 0 Å². The third kappa shape index (κ3) is 4.55. The summed E-state index contributed by atoms with van der Waals surface area (Å²) in [6.07, 6.45) is 2.02. The van der Waals surface area contributed by atoms with Crippen LogP contribution in [0.25, 0.3) is 0 Å². The molecule has 94 valence electrons. The van der Waals surface area contributed by atoms with Gasteiger partial charge in [-0.2, -0.15) is 11.8 Å². The molecule has 0 fully saturated rings. The van der Waals surface area contributed by atoms with Crippen LogP contribution in [0.4, 0.5) is 10.6 Å². The maximum Gasteiger partial charge on any atom is 0.322 e. The molecular weight excluding hydrogens is 302 g/mol. The van der Waals surface area contributed by atoms with Crippen LogP contribution < -0.4 is 5.32 Å². The van der Waals surface area contributed by atoms with Crippen molar-refractivity contribution in [1.29, 1.82) is 0 Å². The maximum atomic E-state index is 11.8. The minimum Gasteiger partial charge on any atom is -0.327 e. The third-order valence-electron chi connectivity index (χ3n) is 2.23. The number of carbonyl (C=O) groups is 1. The molecule has 0 unspecified atom stereocenters. The molecule has 0 saturated carbocycles. The van der Waals surface area contributed by atoms with Gasteiger partial charge in [0, 0.05) is 23.8 Å². The van der Waals surface area contributed by atoms with Gasteiger partial charge in [-0.1, -0.05) is 0 Å². The number of pyridine rings is 1. The molecule has 0 aliphatic carbocycles. The summed E-state index contributed by atoms with van der Waals surface area (Å²) in [5.74, 6) is 1.50. The number of hydrogen-bond acceptors (Lipinski definition) is 3. The van der Waals surface area contributed by atoms with Gasteiger partial charge in [0.25, 0.3) is 0 Å². The highest BCUT2D eigenvalue weighted by atomic mass is 79.9. The second-order valence-corrected chi connectivity index (χ2v) is 5.45. The number of aromatic nitrogens is 1. The Balaban J connectivity index is 2.58. The van der Waals surface area contributed by atoms with Gasteiger partial charge in [0.05, 0.1) is 5.69 Å². The van der Waals surface area contributed by atoms with E-state index in [0.717, 1.165) is 22.5 Å². The summed E-state index contributed by atoms with van der Waals surface area (Å²) >= 11 is 5.08. The van der Waals surface area contributed by atoms with E-state index in [4.69, 9.17) is 0 Å². The number of carbonyl (C=O) groups excluding carboxylic acids is 1. The molecule has 4 nitrogen and oxygen atoms in total. The molecule has 0 aliphatic rings. The van der Waals surface area contributed by atoms with Crippen molar-refractivity contribution in [2.45, 2.75) is 6.92 Å². The molecule has 17 heavy (non-hydrogen) atoms. The Hall–Kier alpha value is -0.750. The summed E-state index contributed by atoms with van der Waals surface area (Å²) in [6, 6.07) is 3.52. The van der Waals surface area contributed by atoms with Gasteiger partial charge in [0.2, 0.25) is 0 Å². The lowest BCUT2D eigenvalue weighted by atomic mass is 10.4. The van der Waals surface area contributed by atoms with Crippen molar-refractivity contribution in [3.8, 4) is 0 Å². The van der Waals surface area contributed by atoms with Crippen molar-refractivity contribution in [2.24, 2.45) is 0 Å². The largest absolute Gasteiger partial charge is 0.327 e. The van der Waals surface area contributed by atoms with Gasteiger partial charge in [-0.05, 0) is 41.2 Å². The Morgan fingerprint density at radius 2 is 2.29 bits per heavy atom. The zero-order valence-electron chi connectivity index (χ0n) is 10.2. The molecule has 2 amide bonds. The van der Waals surface area contributed by atoms with Crippen LogP contribution in [0.2, 0.25) is 0 Å².